The topological polar surface area (TPSA) is 187 Å². The molecule has 17 nitrogen and oxygen atoms in total. The molecule has 346 valence electrons. The van der Waals surface area contributed by atoms with Crippen LogP contribution in [0.15, 0.2) is 58.2 Å². The summed E-state index contributed by atoms with van der Waals surface area (Å²) >= 11 is 0. The Balaban J connectivity index is 0.731. The number of nitrogens with one attached hydrogen (secondary N) is 3. The zero-order chi connectivity index (χ0) is 45.2. The van der Waals surface area contributed by atoms with E-state index in [-0.39, 0.29) is 47.4 Å². The standard InChI is InChI=1S/C46H57F2N11O6/c1-55(24-33-25-57(19-20-64-33)18-4-6-30-5-3-7-36-41(30)56(2)46(63)59(36)37-14-15-39(60)53-44(37)62)23-29-10-12-32(13-11-29)58-26-34(40(54-58)42(47)48)51-43(61)35-27-65-45(52-35)31-16-17-49-38(21-31)50-22-28-8-9-28/h3,5,7,16-17,21,26-29,32-33,37,42H,4,6,8-15,18-20,22-25H2,1-2H3,(H,49,50)(H,51,61)(H,53,60,62)/t29-,32-,33-,37?/m0/s1. The predicted molar refractivity (Wildman–Crippen MR) is 238 cm³/mol. The van der Waals surface area contributed by atoms with Gasteiger partial charge in [0.25, 0.3) is 12.3 Å². The summed E-state index contributed by atoms with van der Waals surface area (Å²) in [5, 5.41) is 12.5. The van der Waals surface area contributed by atoms with Crippen LogP contribution in [0, 0.1) is 11.8 Å². The number of anilines is 2. The molecule has 1 aromatic carbocycles. The normalized spacial score (nSPS) is 21.9. The third kappa shape index (κ3) is 10.2. The van der Waals surface area contributed by atoms with Gasteiger partial charge in [-0.15, -0.1) is 0 Å². The number of aryl methyl sites for hydroxylation is 2. The molecule has 4 aromatic heterocycles. The molecule has 2 aliphatic carbocycles. The highest BCUT2D eigenvalue weighted by Gasteiger charge is 2.33. The highest BCUT2D eigenvalue weighted by Crippen LogP contribution is 2.36. The van der Waals surface area contributed by atoms with Crippen LogP contribution in [0.25, 0.3) is 22.5 Å². The number of amides is 3. The number of ether oxygens (including phenoxy) is 1. The number of pyridine rings is 1. The van der Waals surface area contributed by atoms with Crippen molar-refractivity contribution in [1.82, 2.24) is 44.0 Å². The van der Waals surface area contributed by atoms with Crippen LogP contribution in [0.3, 0.4) is 0 Å². The van der Waals surface area contributed by atoms with E-state index in [0.717, 1.165) is 88.9 Å². The largest absolute Gasteiger partial charge is 0.444 e. The number of morpholine rings is 1. The zero-order valence-electron chi connectivity index (χ0n) is 36.9. The Morgan fingerprint density at radius 1 is 1.05 bits per heavy atom. The number of imide groups is 1. The molecule has 1 unspecified atom stereocenters. The van der Waals surface area contributed by atoms with Crippen molar-refractivity contribution in [3.05, 3.63) is 76.4 Å². The fourth-order valence-corrected chi connectivity index (χ4v) is 9.77. The predicted octanol–water partition coefficient (Wildman–Crippen LogP) is 5.57. The maximum absolute atomic E-state index is 14.2. The Bertz CT molecular complexity index is 2570. The number of piperidine rings is 1. The molecule has 0 spiro atoms. The molecule has 5 aromatic rings. The first-order valence-electron chi connectivity index (χ1n) is 22.9. The van der Waals surface area contributed by atoms with Crippen molar-refractivity contribution < 1.29 is 32.3 Å². The Hall–Kier alpha value is -5.79. The van der Waals surface area contributed by atoms with Crippen LogP contribution < -0.4 is 21.6 Å². The molecule has 4 aliphatic rings. The molecular weight excluding hydrogens is 841 g/mol. The number of hydrogen-bond donors (Lipinski definition) is 3. The first-order chi connectivity index (χ1) is 31.5. The van der Waals surface area contributed by atoms with Gasteiger partial charge in [0, 0.05) is 64.1 Å². The zero-order valence-corrected chi connectivity index (χ0v) is 36.9. The summed E-state index contributed by atoms with van der Waals surface area (Å²) in [6.07, 6.45) is 9.53. The number of alkyl halides is 2. The number of oxazole rings is 1. The molecule has 4 fully saturated rings. The summed E-state index contributed by atoms with van der Waals surface area (Å²) in [6.45, 7) is 5.73. The smallest absolute Gasteiger partial charge is 0.329 e. The second-order valence-electron chi connectivity index (χ2n) is 18.2. The van der Waals surface area contributed by atoms with Crippen molar-refractivity contribution in [3.63, 3.8) is 0 Å². The molecule has 3 amide bonds. The third-order valence-corrected chi connectivity index (χ3v) is 13.4. The molecule has 0 bridgehead atoms. The van der Waals surface area contributed by atoms with Gasteiger partial charge in [-0.2, -0.15) is 5.10 Å². The minimum atomic E-state index is -2.88. The van der Waals surface area contributed by atoms with Crippen molar-refractivity contribution in [2.75, 3.05) is 63.6 Å². The van der Waals surface area contributed by atoms with Gasteiger partial charge >= 0.3 is 5.69 Å². The molecule has 3 N–H and O–H groups in total. The fraction of sp³-hybridized carbons (Fsp3) is 0.543. The molecule has 19 heteroatoms. The number of carbonyl (C=O) groups is 3. The summed E-state index contributed by atoms with van der Waals surface area (Å²) in [7, 11) is 3.86. The van der Waals surface area contributed by atoms with E-state index in [4.69, 9.17) is 9.15 Å². The average Bonchev–Trinajstić information content (AvgIpc) is 3.70. The van der Waals surface area contributed by atoms with Crippen LogP contribution in [0.1, 0.15) is 98.0 Å². The van der Waals surface area contributed by atoms with E-state index in [1.165, 1.54) is 29.9 Å². The Morgan fingerprint density at radius 2 is 1.86 bits per heavy atom. The Morgan fingerprint density at radius 3 is 2.65 bits per heavy atom. The van der Waals surface area contributed by atoms with E-state index in [9.17, 15) is 28.0 Å². The lowest BCUT2D eigenvalue weighted by Gasteiger charge is -2.36. The fourth-order valence-electron chi connectivity index (χ4n) is 9.77. The van der Waals surface area contributed by atoms with E-state index < -0.39 is 30.0 Å². The van der Waals surface area contributed by atoms with Gasteiger partial charge in [-0.1, -0.05) is 12.1 Å². The molecule has 2 aliphatic heterocycles. The monoisotopic (exact) mass is 897 g/mol. The maximum Gasteiger partial charge on any atom is 0.329 e. The van der Waals surface area contributed by atoms with Gasteiger partial charge in [0.1, 0.15) is 18.1 Å². The summed E-state index contributed by atoms with van der Waals surface area (Å²) < 4.78 is 45.0. The van der Waals surface area contributed by atoms with Crippen molar-refractivity contribution in [3.8, 4) is 11.5 Å². The molecule has 2 saturated heterocycles. The van der Waals surface area contributed by atoms with Crippen LogP contribution in [0.5, 0.6) is 0 Å². The van der Waals surface area contributed by atoms with Crippen LogP contribution in [0.4, 0.5) is 20.3 Å². The number of carbonyl (C=O) groups excluding carboxylic acids is 3. The van der Waals surface area contributed by atoms with Crippen LogP contribution in [-0.4, -0.2) is 115 Å². The second kappa shape index (κ2) is 19.4. The number of fused-ring (bicyclic) bond motifs is 1. The minimum Gasteiger partial charge on any atom is -0.444 e. The van der Waals surface area contributed by atoms with Gasteiger partial charge in [0.2, 0.25) is 17.7 Å². The SMILES string of the molecule is CN(C[C@H]1CN(CCCc2cccc3c2n(C)c(=O)n3C2CCC(=O)NC2=O)CCO1)C[C@H]1CC[C@H](n2cc(NC(=O)c3coc(-c4ccnc(NCC5CC5)c4)n3)c(C(F)F)n2)CC1. The highest BCUT2D eigenvalue weighted by molar-refractivity contribution is 6.03. The average molecular weight is 898 g/mol. The molecule has 2 atom stereocenters. The highest BCUT2D eigenvalue weighted by atomic mass is 19.3. The summed E-state index contributed by atoms with van der Waals surface area (Å²) in [6, 6.07) is 8.59. The van der Waals surface area contributed by atoms with Crippen molar-refractivity contribution in [2.24, 2.45) is 18.9 Å². The molecule has 6 heterocycles. The number of likely N-dealkylation sites (N-methyl/N-ethyl adjacent to an activating group) is 1. The van der Waals surface area contributed by atoms with E-state index in [1.54, 1.807) is 34.6 Å². The lowest BCUT2D eigenvalue weighted by Crippen LogP contribution is -2.47. The number of benzene rings is 1. The number of hydrogen-bond acceptors (Lipinski definition) is 12. The molecule has 0 radical (unpaired) electrons. The third-order valence-electron chi connectivity index (χ3n) is 13.4. The molecule has 9 rings (SSSR count). The van der Waals surface area contributed by atoms with Crippen molar-refractivity contribution in [1.29, 1.82) is 0 Å². The van der Waals surface area contributed by atoms with Gasteiger partial charge in [-0.25, -0.2) is 23.5 Å². The number of aromatic nitrogens is 6. The van der Waals surface area contributed by atoms with Gasteiger partial charge in [0.05, 0.1) is 35.5 Å². The maximum atomic E-state index is 14.2. The second-order valence-corrected chi connectivity index (χ2v) is 18.2. The van der Waals surface area contributed by atoms with Gasteiger partial charge < -0.3 is 24.7 Å². The number of halogens is 2. The van der Waals surface area contributed by atoms with Crippen molar-refractivity contribution >= 4 is 40.3 Å². The van der Waals surface area contributed by atoms with E-state index in [0.29, 0.717) is 41.8 Å². The van der Waals surface area contributed by atoms with Crippen molar-refractivity contribution in [2.45, 2.75) is 88.8 Å². The van der Waals surface area contributed by atoms with Crippen LogP contribution in [0.2, 0.25) is 0 Å². The van der Waals surface area contributed by atoms with Gasteiger partial charge in [-0.05, 0) is 107 Å². The minimum absolute atomic E-state index is 0.0327. The van der Waals surface area contributed by atoms with E-state index in [1.807, 2.05) is 18.2 Å². The number of imidazole rings is 1. The van der Waals surface area contributed by atoms with E-state index >= 15 is 0 Å². The van der Waals surface area contributed by atoms with Crippen LogP contribution >= 0.6 is 0 Å². The summed E-state index contributed by atoms with van der Waals surface area (Å²) in [4.78, 5) is 64.4. The Labute approximate surface area is 374 Å². The summed E-state index contributed by atoms with van der Waals surface area (Å²) in [5.41, 5.74) is 2.40. The number of rotatable bonds is 17. The lowest BCUT2D eigenvalue weighted by atomic mass is 9.86. The number of para-hydroxylation sites is 1. The number of nitrogens with zero attached hydrogens (tertiary/aromatic N) is 8. The quantitative estimate of drug-likeness (QED) is 0.0987. The van der Waals surface area contributed by atoms with Crippen LogP contribution in [-0.2, 0) is 27.8 Å². The lowest BCUT2D eigenvalue weighted by molar-refractivity contribution is -0.135. The first-order valence-corrected chi connectivity index (χ1v) is 22.9. The molecule has 2 saturated carbocycles. The first kappa shape index (κ1) is 44.4. The summed E-state index contributed by atoms with van der Waals surface area (Å²) in [5.74, 6) is 0.605. The van der Waals surface area contributed by atoms with Gasteiger partial charge in [0.15, 0.2) is 11.4 Å². The molecular formula is C46H57F2N11O6. The Kier molecular flexibility index (Phi) is 13.2. The molecule has 65 heavy (non-hydrogen) atoms. The van der Waals surface area contributed by atoms with Gasteiger partial charge in [-0.3, -0.25) is 38.4 Å². The van der Waals surface area contributed by atoms with E-state index in [2.05, 4.69) is 47.9 Å².